The van der Waals surface area contributed by atoms with Crippen LogP contribution >= 0.6 is 24.0 Å². The summed E-state index contributed by atoms with van der Waals surface area (Å²) in [6, 6.07) is 13.0. The fourth-order valence-corrected chi connectivity index (χ4v) is 3.38. The quantitative estimate of drug-likeness (QED) is 0.614. The number of fused-ring (bicyclic) bond motifs is 1. The number of thiocarbonyl (C=S) groups is 1. The van der Waals surface area contributed by atoms with E-state index in [9.17, 15) is 4.79 Å². The summed E-state index contributed by atoms with van der Waals surface area (Å²) in [7, 11) is 3.21. The average molecular weight is 402 g/mol. The average Bonchev–Trinajstić information content (AvgIpc) is 2.70. The number of aromatic nitrogens is 2. The normalized spacial score (nSPS) is 10.6. The van der Waals surface area contributed by atoms with E-state index in [-0.39, 0.29) is 5.56 Å². The van der Waals surface area contributed by atoms with Crippen LogP contribution in [0.2, 0.25) is 0 Å². The molecule has 2 N–H and O–H groups in total. The van der Waals surface area contributed by atoms with Gasteiger partial charge in [0.1, 0.15) is 10.1 Å². The van der Waals surface area contributed by atoms with E-state index in [4.69, 9.17) is 21.7 Å². The Kier molecular flexibility index (Phi) is 6.31. The van der Waals surface area contributed by atoms with Crippen molar-refractivity contribution in [1.29, 1.82) is 0 Å². The smallest absolute Gasteiger partial charge is 0.258 e. The number of nitrogens with one attached hydrogen (secondary N) is 2. The molecule has 0 spiro atoms. The Bertz CT molecular complexity index is 1020. The first-order chi connectivity index (χ1) is 13.1. The molecule has 0 radical (unpaired) electrons. The third kappa shape index (κ3) is 4.78. The van der Waals surface area contributed by atoms with Gasteiger partial charge in [-0.05, 0) is 29.8 Å². The van der Waals surface area contributed by atoms with Crippen LogP contribution in [0.1, 0.15) is 11.4 Å². The zero-order chi connectivity index (χ0) is 19.2. The third-order valence-electron chi connectivity index (χ3n) is 3.89. The van der Waals surface area contributed by atoms with E-state index >= 15 is 0 Å². The number of rotatable bonds is 6. The molecule has 0 atom stereocenters. The van der Waals surface area contributed by atoms with Crippen LogP contribution in [0.5, 0.6) is 11.5 Å². The van der Waals surface area contributed by atoms with E-state index < -0.39 is 0 Å². The Balaban J connectivity index is 1.58. The summed E-state index contributed by atoms with van der Waals surface area (Å²) in [5.74, 6) is 2.44. The zero-order valence-corrected chi connectivity index (χ0v) is 16.6. The van der Waals surface area contributed by atoms with Gasteiger partial charge in [-0.2, -0.15) is 0 Å². The molecule has 27 heavy (non-hydrogen) atoms. The molecule has 0 saturated heterocycles. The first-order valence-electron chi connectivity index (χ1n) is 8.20. The van der Waals surface area contributed by atoms with Crippen LogP contribution in [-0.2, 0) is 12.3 Å². The maximum absolute atomic E-state index is 12.1. The van der Waals surface area contributed by atoms with Gasteiger partial charge in [0, 0.05) is 6.54 Å². The molecule has 2 aromatic carbocycles. The van der Waals surface area contributed by atoms with E-state index in [1.165, 1.54) is 11.8 Å². The zero-order valence-electron chi connectivity index (χ0n) is 14.9. The SMILES string of the molecule is COc1ccc(CNC(=S)SCc2nc3ccccc3c(=O)[nH]2)cc1OC. The fourth-order valence-electron chi connectivity index (χ4n) is 2.55. The molecule has 0 aliphatic carbocycles. The largest absolute Gasteiger partial charge is 0.493 e. The maximum atomic E-state index is 12.1. The summed E-state index contributed by atoms with van der Waals surface area (Å²) < 4.78 is 11.2. The van der Waals surface area contributed by atoms with Crippen molar-refractivity contribution in [1.82, 2.24) is 15.3 Å². The molecular formula is C19H19N3O3S2. The molecular weight excluding hydrogens is 382 g/mol. The molecule has 0 aliphatic heterocycles. The number of H-pyrrole nitrogens is 1. The summed E-state index contributed by atoms with van der Waals surface area (Å²) in [5.41, 5.74) is 1.56. The minimum Gasteiger partial charge on any atom is -0.493 e. The molecule has 0 bridgehead atoms. The maximum Gasteiger partial charge on any atom is 0.258 e. The van der Waals surface area contributed by atoms with Gasteiger partial charge in [-0.3, -0.25) is 4.79 Å². The van der Waals surface area contributed by atoms with E-state index in [0.29, 0.717) is 44.8 Å². The number of aromatic amines is 1. The van der Waals surface area contributed by atoms with Gasteiger partial charge < -0.3 is 19.8 Å². The van der Waals surface area contributed by atoms with Crippen LogP contribution in [0.25, 0.3) is 10.9 Å². The van der Waals surface area contributed by atoms with Crippen LogP contribution < -0.4 is 20.3 Å². The monoisotopic (exact) mass is 401 g/mol. The van der Waals surface area contributed by atoms with Crippen LogP contribution in [0.15, 0.2) is 47.3 Å². The lowest BCUT2D eigenvalue weighted by Gasteiger charge is -2.11. The number of ether oxygens (including phenoxy) is 2. The van der Waals surface area contributed by atoms with Crippen molar-refractivity contribution in [3.63, 3.8) is 0 Å². The number of methoxy groups -OCH3 is 2. The standard InChI is InChI=1S/C19H19N3O3S2/c1-24-15-8-7-12(9-16(15)25-2)10-20-19(26)27-11-17-21-14-6-4-3-5-13(14)18(23)22-17/h3-9H,10-11H2,1-2H3,(H,20,26)(H,21,22,23). The van der Waals surface area contributed by atoms with E-state index in [0.717, 1.165) is 5.56 Å². The molecule has 0 unspecified atom stereocenters. The summed E-state index contributed by atoms with van der Waals surface area (Å²) in [6.07, 6.45) is 0. The first-order valence-corrected chi connectivity index (χ1v) is 9.59. The second-order valence-corrected chi connectivity index (χ2v) is 7.30. The molecule has 0 aliphatic rings. The van der Waals surface area contributed by atoms with Crippen LogP contribution in [0.3, 0.4) is 0 Å². The molecule has 6 nitrogen and oxygen atoms in total. The second-order valence-electron chi connectivity index (χ2n) is 5.65. The number of benzene rings is 2. The number of hydrogen-bond donors (Lipinski definition) is 2. The predicted octanol–water partition coefficient (Wildman–Crippen LogP) is 3.25. The highest BCUT2D eigenvalue weighted by Gasteiger charge is 2.07. The Morgan fingerprint density at radius 1 is 1.19 bits per heavy atom. The summed E-state index contributed by atoms with van der Waals surface area (Å²) >= 11 is 6.78. The molecule has 0 fully saturated rings. The highest BCUT2D eigenvalue weighted by molar-refractivity contribution is 8.22. The molecule has 3 aromatic rings. The van der Waals surface area contributed by atoms with Gasteiger partial charge >= 0.3 is 0 Å². The third-order valence-corrected chi connectivity index (χ3v) is 5.21. The molecule has 3 rings (SSSR count). The van der Waals surface area contributed by atoms with Crippen molar-refractivity contribution < 1.29 is 9.47 Å². The number of para-hydroxylation sites is 1. The van der Waals surface area contributed by atoms with Crippen molar-refractivity contribution in [3.05, 3.63) is 64.2 Å². The van der Waals surface area contributed by atoms with Gasteiger partial charge in [-0.15, -0.1) is 0 Å². The highest BCUT2D eigenvalue weighted by atomic mass is 32.2. The molecule has 0 amide bonds. The Labute approximate surface area is 166 Å². The number of thioether (sulfide) groups is 1. The summed E-state index contributed by atoms with van der Waals surface area (Å²) in [5, 5.41) is 3.77. The van der Waals surface area contributed by atoms with Crippen molar-refractivity contribution in [2.24, 2.45) is 0 Å². The van der Waals surface area contributed by atoms with Gasteiger partial charge in [0.2, 0.25) is 0 Å². The van der Waals surface area contributed by atoms with E-state index in [1.807, 2.05) is 36.4 Å². The Morgan fingerprint density at radius 2 is 1.96 bits per heavy atom. The first kappa shape index (κ1) is 19.2. The van der Waals surface area contributed by atoms with Gasteiger partial charge in [0.25, 0.3) is 5.56 Å². The van der Waals surface area contributed by atoms with Gasteiger partial charge in [0.05, 0.1) is 30.9 Å². The Morgan fingerprint density at radius 3 is 2.74 bits per heavy atom. The number of hydrogen-bond acceptors (Lipinski definition) is 6. The highest BCUT2D eigenvalue weighted by Crippen LogP contribution is 2.27. The van der Waals surface area contributed by atoms with Crippen LogP contribution in [0.4, 0.5) is 0 Å². The Hall–Kier alpha value is -2.58. The number of nitrogens with zero attached hydrogens (tertiary/aromatic N) is 1. The lowest BCUT2D eigenvalue weighted by atomic mass is 10.2. The minimum atomic E-state index is -0.139. The van der Waals surface area contributed by atoms with Gasteiger partial charge in [-0.25, -0.2) is 4.98 Å². The lowest BCUT2D eigenvalue weighted by Crippen LogP contribution is -2.18. The summed E-state index contributed by atoms with van der Waals surface area (Å²) in [4.78, 5) is 19.4. The van der Waals surface area contributed by atoms with E-state index in [1.54, 1.807) is 20.3 Å². The van der Waals surface area contributed by atoms with Crippen molar-refractivity contribution in [3.8, 4) is 11.5 Å². The van der Waals surface area contributed by atoms with Crippen LogP contribution in [0, 0.1) is 0 Å². The molecule has 0 saturated carbocycles. The minimum absolute atomic E-state index is 0.139. The van der Waals surface area contributed by atoms with Gasteiger partial charge in [0.15, 0.2) is 11.5 Å². The predicted molar refractivity (Wildman–Crippen MR) is 113 cm³/mol. The molecule has 1 heterocycles. The van der Waals surface area contributed by atoms with Crippen molar-refractivity contribution >= 4 is 39.2 Å². The van der Waals surface area contributed by atoms with Crippen molar-refractivity contribution in [2.75, 3.05) is 14.2 Å². The molecule has 140 valence electrons. The lowest BCUT2D eigenvalue weighted by molar-refractivity contribution is 0.354. The van der Waals surface area contributed by atoms with Crippen molar-refractivity contribution in [2.45, 2.75) is 12.3 Å². The van der Waals surface area contributed by atoms with Crippen LogP contribution in [-0.4, -0.2) is 28.5 Å². The molecule has 8 heteroatoms. The molecule has 1 aromatic heterocycles. The topological polar surface area (TPSA) is 76.2 Å². The summed E-state index contributed by atoms with van der Waals surface area (Å²) in [6.45, 7) is 0.563. The second kappa shape index (κ2) is 8.88. The fraction of sp³-hybridized carbons (Fsp3) is 0.211. The van der Waals surface area contributed by atoms with E-state index in [2.05, 4.69) is 15.3 Å². The van der Waals surface area contributed by atoms with Gasteiger partial charge in [-0.1, -0.05) is 42.2 Å².